The normalized spacial score (nSPS) is 15.2. The van der Waals surface area contributed by atoms with Crippen LogP contribution in [0.3, 0.4) is 0 Å². The summed E-state index contributed by atoms with van der Waals surface area (Å²) in [6, 6.07) is 13.9. The molecule has 0 radical (unpaired) electrons. The number of rotatable bonds is 7. The first-order valence-electron chi connectivity index (χ1n) is 10.9. The van der Waals surface area contributed by atoms with Crippen molar-refractivity contribution < 1.29 is 14.3 Å². The van der Waals surface area contributed by atoms with Crippen molar-refractivity contribution in [1.29, 1.82) is 0 Å². The number of hydrogen-bond donors (Lipinski definition) is 1. The lowest BCUT2D eigenvalue weighted by Gasteiger charge is -2.21. The SMILES string of the molecule is CCOc1ccc(C(=O)NC2CCCCCCC2)cc1COc1cccc(C)c1. The molecule has 0 spiro atoms. The average Bonchev–Trinajstić information content (AvgIpc) is 2.69. The molecule has 0 atom stereocenters. The molecule has 1 aliphatic carbocycles. The van der Waals surface area contributed by atoms with Crippen LogP contribution in [0.5, 0.6) is 11.5 Å². The van der Waals surface area contributed by atoms with E-state index < -0.39 is 0 Å². The van der Waals surface area contributed by atoms with Gasteiger partial charge in [-0.25, -0.2) is 0 Å². The summed E-state index contributed by atoms with van der Waals surface area (Å²) in [5.74, 6) is 1.58. The first kappa shape index (κ1) is 21.2. The zero-order valence-electron chi connectivity index (χ0n) is 17.7. The van der Waals surface area contributed by atoms with Crippen LogP contribution in [0, 0.1) is 6.92 Å². The Balaban J connectivity index is 1.70. The van der Waals surface area contributed by atoms with Gasteiger partial charge in [0.1, 0.15) is 18.1 Å². The zero-order valence-corrected chi connectivity index (χ0v) is 17.7. The first-order chi connectivity index (χ1) is 14.2. The number of carbonyl (C=O) groups is 1. The maximum Gasteiger partial charge on any atom is 0.251 e. The van der Waals surface area contributed by atoms with Crippen LogP contribution in [0.15, 0.2) is 42.5 Å². The summed E-state index contributed by atoms with van der Waals surface area (Å²) in [5, 5.41) is 3.24. The molecule has 0 bridgehead atoms. The highest BCUT2D eigenvalue weighted by Crippen LogP contribution is 2.24. The minimum atomic E-state index is -0.00423. The second-order valence-electron chi connectivity index (χ2n) is 7.88. The topological polar surface area (TPSA) is 47.6 Å². The lowest BCUT2D eigenvalue weighted by Crippen LogP contribution is -2.35. The van der Waals surface area contributed by atoms with Gasteiger partial charge >= 0.3 is 0 Å². The predicted octanol–water partition coefficient (Wildman–Crippen LogP) is 5.82. The molecule has 4 nitrogen and oxygen atoms in total. The molecule has 0 saturated heterocycles. The fourth-order valence-corrected chi connectivity index (χ4v) is 3.87. The van der Waals surface area contributed by atoms with Crippen LogP contribution in [0.4, 0.5) is 0 Å². The monoisotopic (exact) mass is 395 g/mol. The van der Waals surface area contributed by atoms with Crippen LogP contribution < -0.4 is 14.8 Å². The van der Waals surface area contributed by atoms with Crippen LogP contribution in [-0.4, -0.2) is 18.6 Å². The van der Waals surface area contributed by atoms with Crippen molar-refractivity contribution >= 4 is 5.91 Å². The molecule has 0 heterocycles. The Morgan fingerprint density at radius 2 is 1.76 bits per heavy atom. The van der Waals surface area contributed by atoms with Gasteiger partial charge in [0.25, 0.3) is 5.91 Å². The van der Waals surface area contributed by atoms with E-state index in [1.165, 1.54) is 32.1 Å². The largest absolute Gasteiger partial charge is 0.493 e. The van der Waals surface area contributed by atoms with Crippen molar-refractivity contribution in [2.24, 2.45) is 0 Å². The minimum absolute atomic E-state index is 0.00423. The van der Waals surface area contributed by atoms with E-state index in [-0.39, 0.29) is 11.9 Å². The number of benzene rings is 2. The van der Waals surface area contributed by atoms with Crippen molar-refractivity contribution in [2.75, 3.05) is 6.61 Å². The van der Waals surface area contributed by atoms with Gasteiger partial charge < -0.3 is 14.8 Å². The van der Waals surface area contributed by atoms with E-state index in [0.29, 0.717) is 18.8 Å². The van der Waals surface area contributed by atoms with E-state index in [9.17, 15) is 4.79 Å². The number of aryl methyl sites for hydroxylation is 1. The summed E-state index contributed by atoms with van der Waals surface area (Å²) < 4.78 is 11.7. The van der Waals surface area contributed by atoms with Crippen molar-refractivity contribution in [3.8, 4) is 11.5 Å². The highest BCUT2D eigenvalue weighted by Gasteiger charge is 2.17. The van der Waals surface area contributed by atoms with Gasteiger partial charge in [0, 0.05) is 17.2 Å². The second kappa shape index (κ2) is 10.9. The molecule has 1 aliphatic rings. The van der Waals surface area contributed by atoms with E-state index in [0.717, 1.165) is 35.5 Å². The Morgan fingerprint density at radius 1 is 1.00 bits per heavy atom. The summed E-state index contributed by atoms with van der Waals surface area (Å²) in [7, 11) is 0. The molecule has 1 fully saturated rings. The quantitative estimate of drug-likeness (QED) is 0.643. The van der Waals surface area contributed by atoms with Crippen molar-refractivity contribution in [1.82, 2.24) is 5.32 Å². The molecule has 0 aromatic heterocycles. The fourth-order valence-electron chi connectivity index (χ4n) is 3.87. The molecule has 0 unspecified atom stereocenters. The molecule has 0 aliphatic heterocycles. The molecule has 4 heteroatoms. The maximum atomic E-state index is 12.9. The van der Waals surface area contributed by atoms with Gasteiger partial charge in [0.05, 0.1) is 6.61 Å². The Bertz CT molecular complexity index is 794. The standard InChI is InChI=1S/C25H33NO3/c1-3-28-24-15-14-20(25(27)26-22-11-7-5-4-6-8-12-22)17-21(24)18-29-23-13-9-10-19(2)16-23/h9-10,13-17,22H,3-8,11-12,18H2,1-2H3,(H,26,27). The van der Waals surface area contributed by atoms with Gasteiger partial charge in [0.15, 0.2) is 0 Å². The summed E-state index contributed by atoms with van der Waals surface area (Å²) in [4.78, 5) is 12.9. The van der Waals surface area contributed by atoms with Gasteiger partial charge in [-0.2, -0.15) is 0 Å². The number of amides is 1. The van der Waals surface area contributed by atoms with E-state index in [4.69, 9.17) is 9.47 Å². The third-order valence-electron chi connectivity index (χ3n) is 5.45. The lowest BCUT2D eigenvalue weighted by atomic mass is 9.96. The Kier molecular flexibility index (Phi) is 7.97. The van der Waals surface area contributed by atoms with Crippen LogP contribution >= 0.6 is 0 Å². The highest BCUT2D eigenvalue weighted by molar-refractivity contribution is 5.94. The smallest absolute Gasteiger partial charge is 0.251 e. The predicted molar refractivity (Wildman–Crippen MR) is 117 cm³/mol. The van der Waals surface area contributed by atoms with Crippen LogP contribution in [0.1, 0.15) is 73.4 Å². The molecule has 29 heavy (non-hydrogen) atoms. The van der Waals surface area contributed by atoms with Gasteiger partial charge in [-0.1, -0.05) is 44.2 Å². The number of hydrogen-bond acceptors (Lipinski definition) is 3. The molecule has 1 saturated carbocycles. The van der Waals surface area contributed by atoms with Crippen molar-refractivity contribution in [3.63, 3.8) is 0 Å². The molecule has 3 rings (SSSR count). The summed E-state index contributed by atoms with van der Waals surface area (Å²) >= 11 is 0. The Morgan fingerprint density at radius 3 is 2.48 bits per heavy atom. The van der Waals surface area contributed by atoms with Gasteiger partial charge in [-0.15, -0.1) is 0 Å². The number of nitrogens with one attached hydrogen (secondary N) is 1. The van der Waals surface area contributed by atoms with E-state index >= 15 is 0 Å². The average molecular weight is 396 g/mol. The number of ether oxygens (including phenoxy) is 2. The van der Waals surface area contributed by atoms with E-state index in [1.807, 2.05) is 56.3 Å². The molecular formula is C25H33NO3. The van der Waals surface area contributed by atoms with Crippen molar-refractivity contribution in [2.45, 2.75) is 71.4 Å². The fraction of sp³-hybridized carbons (Fsp3) is 0.480. The Labute approximate surface area is 174 Å². The zero-order chi connectivity index (χ0) is 20.5. The Hall–Kier alpha value is -2.49. The first-order valence-corrected chi connectivity index (χ1v) is 10.9. The molecule has 2 aromatic rings. The van der Waals surface area contributed by atoms with Gasteiger partial charge in [-0.05, 0) is 62.6 Å². The minimum Gasteiger partial charge on any atom is -0.493 e. The maximum absolute atomic E-state index is 12.9. The lowest BCUT2D eigenvalue weighted by molar-refractivity contribution is 0.0930. The van der Waals surface area contributed by atoms with Crippen LogP contribution in [0.2, 0.25) is 0 Å². The third kappa shape index (κ3) is 6.52. The van der Waals surface area contributed by atoms with Crippen LogP contribution in [0.25, 0.3) is 0 Å². The summed E-state index contributed by atoms with van der Waals surface area (Å²) in [6.07, 6.45) is 8.42. The molecule has 1 amide bonds. The molecule has 1 N–H and O–H groups in total. The van der Waals surface area contributed by atoms with Gasteiger partial charge in [-0.3, -0.25) is 4.79 Å². The summed E-state index contributed by atoms with van der Waals surface area (Å²) in [5.41, 5.74) is 2.71. The van der Waals surface area contributed by atoms with Gasteiger partial charge in [0.2, 0.25) is 0 Å². The van der Waals surface area contributed by atoms with Crippen LogP contribution in [-0.2, 0) is 6.61 Å². The van der Waals surface area contributed by atoms with E-state index in [1.54, 1.807) is 0 Å². The van der Waals surface area contributed by atoms with E-state index in [2.05, 4.69) is 5.32 Å². The molecule has 2 aromatic carbocycles. The second-order valence-corrected chi connectivity index (χ2v) is 7.88. The van der Waals surface area contributed by atoms with Crippen molar-refractivity contribution in [3.05, 3.63) is 59.2 Å². The third-order valence-corrected chi connectivity index (χ3v) is 5.45. The molecule has 156 valence electrons. The number of carbonyl (C=O) groups excluding carboxylic acids is 1. The highest BCUT2D eigenvalue weighted by atomic mass is 16.5. The summed E-state index contributed by atoms with van der Waals surface area (Å²) in [6.45, 7) is 4.94. The molecular weight excluding hydrogens is 362 g/mol.